The standard InChI is InChI=1S/C8H11N3O/c1-11-4-5-12-8-6(11)2-3-7(9)10-8/h2-3H,4-5H2,1H3,(H2,9,10). The molecule has 1 aromatic heterocycles. The molecule has 0 fully saturated rings. The third kappa shape index (κ3) is 1.05. The molecule has 2 rings (SSSR count). The van der Waals surface area contributed by atoms with E-state index in [1.807, 2.05) is 13.1 Å². The molecule has 0 aromatic carbocycles. The molecule has 12 heavy (non-hydrogen) atoms. The Labute approximate surface area is 71.0 Å². The first-order valence-electron chi connectivity index (χ1n) is 3.88. The van der Waals surface area contributed by atoms with Crippen LogP contribution in [0.4, 0.5) is 11.5 Å². The molecule has 0 amide bonds. The minimum atomic E-state index is 0.504. The van der Waals surface area contributed by atoms with E-state index in [1.54, 1.807) is 6.07 Å². The van der Waals surface area contributed by atoms with Gasteiger partial charge in [0.15, 0.2) is 0 Å². The average molecular weight is 165 g/mol. The molecule has 0 spiro atoms. The van der Waals surface area contributed by atoms with Crippen molar-refractivity contribution in [2.24, 2.45) is 0 Å². The third-order valence-electron chi connectivity index (χ3n) is 1.94. The second-order valence-corrected chi connectivity index (χ2v) is 2.83. The zero-order valence-corrected chi connectivity index (χ0v) is 6.95. The molecule has 0 radical (unpaired) electrons. The van der Waals surface area contributed by atoms with Gasteiger partial charge in [-0.15, -0.1) is 0 Å². The molecule has 2 heterocycles. The minimum Gasteiger partial charge on any atom is -0.474 e. The molecule has 1 aliphatic heterocycles. The smallest absolute Gasteiger partial charge is 0.239 e. The summed E-state index contributed by atoms with van der Waals surface area (Å²) in [5, 5.41) is 0. The van der Waals surface area contributed by atoms with Gasteiger partial charge in [-0.25, -0.2) is 0 Å². The van der Waals surface area contributed by atoms with E-state index in [0.29, 0.717) is 18.3 Å². The van der Waals surface area contributed by atoms with Crippen molar-refractivity contribution in [3.8, 4) is 5.88 Å². The number of nitrogens with zero attached hydrogens (tertiary/aromatic N) is 2. The van der Waals surface area contributed by atoms with Crippen molar-refractivity contribution in [1.82, 2.24) is 4.98 Å². The lowest BCUT2D eigenvalue weighted by Gasteiger charge is -2.26. The van der Waals surface area contributed by atoms with Crippen molar-refractivity contribution in [2.45, 2.75) is 0 Å². The monoisotopic (exact) mass is 165 g/mol. The second kappa shape index (κ2) is 2.55. The average Bonchev–Trinajstić information content (AvgIpc) is 2.04. The van der Waals surface area contributed by atoms with Gasteiger partial charge in [0.1, 0.15) is 12.4 Å². The lowest BCUT2D eigenvalue weighted by atomic mass is 10.3. The second-order valence-electron chi connectivity index (χ2n) is 2.83. The van der Waals surface area contributed by atoms with Gasteiger partial charge in [0.05, 0.1) is 12.2 Å². The first kappa shape index (κ1) is 7.21. The van der Waals surface area contributed by atoms with Crippen molar-refractivity contribution in [2.75, 3.05) is 30.8 Å². The molecule has 0 unspecified atom stereocenters. The summed E-state index contributed by atoms with van der Waals surface area (Å²) in [7, 11) is 2.01. The van der Waals surface area contributed by atoms with Gasteiger partial charge in [-0.3, -0.25) is 0 Å². The SMILES string of the molecule is CN1CCOc2nc(N)ccc21. The summed E-state index contributed by atoms with van der Waals surface area (Å²) in [5.41, 5.74) is 6.53. The highest BCUT2D eigenvalue weighted by Gasteiger charge is 2.15. The third-order valence-corrected chi connectivity index (χ3v) is 1.94. The zero-order chi connectivity index (χ0) is 8.55. The normalized spacial score (nSPS) is 15.2. The lowest BCUT2D eigenvalue weighted by Crippen LogP contribution is -2.29. The fourth-order valence-electron chi connectivity index (χ4n) is 1.24. The Morgan fingerprint density at radius 3 is 3.25 bits per heavy atom. The highest BCUT2D eigenvalue weighted by atomic mass is 16.5. The summed E-state index contributed by atoms with van der Waals surface area (Å²) in [6.45, 7) is 1.58. The van der Waals surface area contributed by atoms with Crippen LogP contribution in [-0.2, 0) is 0 Å². The van der Waals surface area contributed by atoms with E-state index in [2.05, 4.69) is 9.88 Å². The molecule has 2 N–H and O–H groups in total. The van der Waals surface area contributed by atoms with Gasteiger partial charge in [0.25, 0.3) is 0 Å². The van der Waals surface area contributed by atoms with Crippen LogP contribution in [0.3, 0.4) is 0 Å². The predicted octanol–water partition coefficient (Wildman–Crippen LogP) is 0.492. The van der Waals surface area contributed by atoms with Gasteiger partial charge in [0, 0.05) is 7.05 Å². The molecule has 0 saturated heterocycles. The Bertz CT molecular complexity index is 300. The molecule has 1 aliphatic rings. The van der Waals surface area contributed by atoms with E-state index in [0.717, 1.165) is 12.2 Å². The molecule has 0 saturated carbocycles. The largest absolute Gasteiger partial charge is 0.474 e. The fourth-order valence-corrected chi connectivity index (χ4v) is 1.24. The molecule has 0 aliphatic carbocycles. The molecule has 0 bridgehead atoms. The number of fused-ring (bicyclic) bond motifs is 1. The number of nitrogens with two attached hydrogens (primary N) is 1. The maximum absolute atomic E-state index is 5.52. The Hall–Kier alpha value is -1.45. The first-order valence-corrected chi connectivity index (χ1v) is 3.88. The number of hydrogen-bond donors (Lipinski definition) is 1. The number of pyridine rings is 1. The molecular weight excluding hydrogens is 154 g/mol. The van der Waals surface area contributed by atoms with E-state index in [9.17, 15) is 0 Å². The number of nitrogen functional groups attached to an aromatic ring is 1. The van der Waals surface area contributed by atoms with Crippen LogP contribution in [-0.4, -0.2) is 25.2 Å². The Kier molecular flexibility index (Phi) is 1.53. The number of anilines is 2. The van der Waals surface area contributed by atoms with E-state index in [1.165, 1.54) is 0 Å². The van der Waals surface area contributed by atoms with Crippen molar-refractivity contribution in [3.63, 3.8) is 0 Å². The topological polar surface area (TPSA) is 51.4 Å². The summed E-state index contributed by atoms with van der Waals surface area (Å²) in [4.78, 5) is 6.18. The highest BCUT2D eigenvalue weighted by Crippen LogP contribution is 2.28. The van der Waals surface area contributed by atoms with Crippen LogP contribution in [0.5, 0.6) is 5.88 Å². The van der Waals surface area contributed by atoms with E-state index >= 15 is 0 Å². The van der Waals surface area contributed by atoms with E-state index < -0.39 is 0 Å². The molecular formula is C8H11N3O. The molecule has 4 heteroatoms. The van der Waals surface area contributed by atoms with Crippen molar-refractivity contribution >= 4 is 11.5 Å². The Morgan fingerprint density at radius 2 is 2.42 bits per heavy atom. The van der Waals surface area contributed by atoms with Gasteiger partial charge in [0.2, 0.25) is 5.88 Å². The quantitative estimate of drug-likeness (QED) is 0.608. The highest BCUT2D eigenvalue weighted by molar-refractivity contribution is 5.58. The fraction of sp³-hybridized carbons (Fsp3) is 0.375. The number of ether oxygens (including phenoxy) is 1. The van der Waals surface area contributed by atoms with Crippen LogP contribution >= 0.6 is 0 Å². The maximum atomic E-state index is 5.52. The molecule has 4 nitrogen and oxygen atoms in total. The lowest BCUT2D eigenvalue weighted by molar-refractivity contribution is 0.299. The molecule has 1 aromatic rings. The molecule has 0 atom stereocenters. The summed E-state index contributed by atoms with van der Waals surface area (Å²) >= 11 is 0. The van der Waals surface area contributed by atoms with Crippen molar-refractivity contribution < 1.29 is 4.74 Å². The maximum Gasteiger partial charge on any atom is 0.239 e. The van der Waals surface area contributed by atoms with Crippen LogP contribution in [0.1, 0.15) is 0 Å². The Balaban J connectivity index is 2.46. The van der Waals surface area contributed by atoms with Gasteiger partial charge < -0.3 is 15.4 Å². The Morgan fingerprint density at radius 1 is 1.58 bits per heavy atom. The molecule has 64 valence electrons. The van der Waals surface area contributed by atoms with E-state index in [4.69, 9.17) is 10.5 Å². The van der Waals surface area contributed by atoms with Gasteiger partial charge in [-0.2, -0.15) is 4.98 Å². The number of aromatic nitrogens is 1. The van der Waals surface area contributed by atoms with Crippen molar-refractivity contribution in [1.29, 1.82) is 0 Å². The van der Waals surface area contributed by atoms with Crippen LogP contribution in [0.2, 0.25) is 0 Å². The van der Waals surface area contributed by atoms with Gasteiger partial charge >= 0.3 is 0 Å². The summed E-state index contributed by atoms with van der Waals surface area (Å²) in [5.74, 6) is 1.15. The number of rotatable bonds is 0. The van der Waals surface area contributed by atoms with E-state index in [-0.39, 0.29) is 0 Å². The van der Waals surface area contributed by atoms with Crippen LogP contribution < -0.4 is 15.4 Å². The summed E-state index contributed by atoms with van der Waals surface area (Å²) in [6, 6.07) is 3.71. The summed E-state index contributed by atoms with van der Waals surface area (Å²) in [6.07, 6.45) is 0. The van der Waals surface area contributed by atoms with Gasteiger partial charge in [-0.05, 0) is 12.1 Å². The number of likely N-dealkylation sites (N-methyl/N-ethyl adjacent to an activating group) is 1. The van der Waals surface area contributed by atoms with Gasteiger partial charge in [-0.1, -0.05) is 0 Å². The van der Waals surface area contributed by atoms with Crippen molar-refractivity contribution in [3.05, 3.63) is 12.1 Å². The minimum absolute atomic E-state index is 0.504. The number of hydrogen-bond acceptors (Lipinski definition) is 4. The first-order chi connectivity index (χ1) is 5.77. The predicted molar refractivity (Wildman–Crippen MR) is 47.4 cm³/mol. The van der Waals surface area contributed by atoms with Crippen LogP contribution in [0.25, 0.3) is 0 Å². The zero-order valence-electron chi connectivity index (χ0n) is 6.95. The van der Waals surface area contributed by atoms with Crippen LogP contribution in [0.15, 0.2) is 12.1 Å². The summed E-state index contributed by atoms with van der Waals surface area (Å²) < 4.78 is 5.34. The van der Waals surface area contributed by atoms with Crippen LogP contribution in [0, 0.1) is 0 Å².